The summed E-state index contributed by atoms with van der Waals surface area (Å²) in [5, 5.41) is 22.3. The molecule has 0 aliphatic carbocycles. The Kier molecular flexibility index (Phi) is 5.35. The molecule has 11 heteroatoms. The second-order valence-electron chi connectivity index (χ2n) is 4.97. The quantitative estimate of drug-likeness (QED) is 0.402. The van der Waals surface area contributed by atoms with Crippen LogP contribution in [-0.4, -0.2) is 42.8 Å². The second kappa shape index (κ2) is 7.44. The van der Waals surface area contributed by atoms with Crippen molar-refractivity contribution in [3.8, 4) is 0 Å². The van der Waals surface area contributed by atoms with Crippen molar-refractivity contribution in [3.63, 3.8) is 0 Å². The normalized spacial score (nSPS) is 10.6. The van der Waals surface area contributed by atoms with E-state index in [9.17, 15) is 19.7 Å². The number of nitro groups is 1. The maximum atomic E-state index is 12.2. The zero-order valence-corrected chi connectivity index (χ0v) is 13.2. The molecule has 0 fully saturated rings. The molecule has 0 aliphatic heterocycles. The molecule has 2 aromatic heterocycles. The zero-order valence-electron chi connectivity index (χ0n) is 13.2. The monoisotopic (exact) mass is 336 g/mol. The van der Waals surface area contributed by atoms with E-state index in [0.29, 0.717) is 12.4 Å². The third-order valence-corrected chi connectivity index (χ3v) is 3.33. The number of tetrazole rings is 1. The van der Waals surface area contributed by atoms with Crippen LogP contribution >= 0.6 is 0 Å². The average Bonchev–Trinajstić information content (AvgIpc) is 3.00. The molecule has 2 rings (SSSR count). The van der Waals surface area contributed by atoms with Crippen molar-refractivity contribution in [3.05, 3.63) is 44.1 Å². The largest absolute Gasteiger partial charge is 0.465 e. The molecule has 0 bridgehead atoms. The smallest absolute Gasteiger partial charge is 0.339 e. The van der Waals surface area contributed by atoms with Gasteiger partial charge in [-0.25, -0.2) is 9.48 Å². The Balaban J connectivity index is 2.44. The Labute approximate surface area is 136 Å². The fourth-order valence-electron chi connectivity index (χ4n) is 2.07. The SMILES string of the molecule is CCCCn1nnnc1Cn1cc(C(=O)OC)cc([N+](=O)[O-])c1=O. The molecule has 0 saturated carbocycles. The first-order valence-corrected chi connectivity index (χ1v) is 7.20. The summed E-state index contributed by atoms with van der Waals surface area (Å²) in [7, 11) is 1.15. The second-order valence-corrected chi connectivity index (χ2v) is 4.97. The van der Waals surface area contributed by atoms with E-state index < -0.39 is 22.1 Å². The molecule has 2 heterocycles. The van der Waals surface area contributed by atoms with Crippen LogP contribution in [0.15, 0.2) is 17.1 Å². The van der Waals surface area contributed by atoms with Gasteiger partial charge in [-0.3, -0.25) is 14.9 Å². The third-order valence-electron chi connectivity index (χ3n) is 3.33. The van der Waals surface area contributed by atoms with Crippen molar-refractivity contribution >= 4 is 11.7 Å². The van der Waals surface area contributed by atoms with Gasteiger partial charge in [0.2, 0.25) is 0 Å². The molecule has 0 aliphatic rings. The van der Waals surface area contributed by atoms with Gasteiger partial charge in [-0.1, -0.05) is 13.3 Å². The summed E-state index contributed by atoms with van der Waals surface area (Å²) >= 11 is 0. The molecule has 0 N–H and O–H groups in total. The van der Waals surface area contributed by atoms with Crippen LogP contribution in [0.5, 0.6) is 0 Å². The number of esters is 1. The molecule has 0 unspecified atom stereocenters. The van der Waals surface area contributed by atoms with Gasteiger partial charge in [0.05, 0.1) is 24.1 Å². The lowest BCUT2D eigenvalue weighted by Crippen LogP contribution is -2.26. The van der Waals surface area contributed by atoms with Crippen molar-refractivity contribution < 1.29 is 14.5 Å². The number of unbranched alkanes of at least 4 members (excludes halogenated alkanes) is 1. The van der Waals surface area contributed by atoms with Crippen molar-refractivity contribution in [2.75, 3.05) is 7.11 Å². The third kappa shape index (κ3) is 3.62. The molecule has 24 heavy (non-hydrogen) atoms. The van der Waals surface area contributed by atoms with E-state index in [0.717, 1.165) is 30.6 Å². The first-order valence-electron chi connectivity index (χ1n) is 7.20. The van der Waals surface area contributed by atoms with Crippen molar-refractivity contribution in [2.24, 2.45) is 0 Å². The summed E-state index contributed by atoms with van der Waals surface area (Å²) in [5.41, 5.74) is -1.67. The number of nitrogens with zero attached hydrogens (tertiary/aromatic N) is 6. The van der Waals surface area contributed by atoms with Gasteiger partial charge in [0.25, 0.3) is 0 Å². The van der Waals surface area contributed by atoms with E-state index >= 15 is 0 Å². The van der Waals surface area contributed by atoms with Gasteiger partial charge in [0.1, 0.15) is 0 Å². The number of aryl methyl sites for hydroxylation is 1. The minimum absolute atomic E-state index is 0.0960. The summed E-state index contributed by atoms with van der Waals surface area (Å²) in [5.74, 6) is -0.417. The minimum Gasteiger partial charge on any atom is -0.465 e. The van der Waals surface area contributed by atoms with Crippen molar-refractivity contribution in [2.45, 2.75) is 32.9 Å². The van der Waals surface area contributed by atoms with Gasteiger partial charge in [0, 0.05) is 18.8 Å². The summed E-state index contributed by atoms with van der Waals surface area (Å²) in [6.07, 6.45) is 2.97. The van der Waals surface area contributed by atoms with E-state index in [2.05, 4.69) is 20.3 Å². The molecular weight excluding hydrogens is 320 g/mol. The number of methoxy groups -OCH3 is 1. The van der Waals surface area contributed by atoms with Crippen LogP contribution in [0, 0.1) is 10.1 Å². The fourth-order valence-corrected chi connectivity index (χ4v) is 2.07. The Hall–Kier alpha value is -3.11. The van der Waals surface area contributed by atoms with E-state index in [-0.39, 0.29) is 12.1 Å². The highest BCUT2D eigenvalue weighted by Gasteiger charge is 2.21. The van der Waals surface area contributed by atoms with Crippen molar-refractivity contribution in [1.82, 2.24) is 24.8 Å². The van der Waals surface area contributed by atoms with Crippen LogP contribution in [0.25, 0.3) is 0 Å². The summed E-state index contributed by atoms with van der Waals surface area (Å²) in [6.45, 7) is 2.48. The number of pyridine rings is 1. The molecule has 0 aromatic carbocycles. The Morgan fingerprint density at radius 2 is 2.21 bits per heavy atom. The van der Waals surface area contributed by atoms with Gasteiger partial charge >= 0.3 is 17.2 Å². The van der Waals surface area contributed by atoms with Gasteiger partial charge in [-0.15, -0.1) is 5.10 Å². The standard InChI is InChI=1S/C13H16N6O5/c1-3-4-5-18-11(14-15-16-18)8-17-7-9(13(21)24-2)6-10(12(17)20)19(22)23/h6-7H,3-5,8H2,1-2H3. The topological polar surface area (TPSA) is 135 Å². The van der Waals surface area contributed by atoms with Gasteiger partial charge in [-0.2, -0.15) is 0 Å². The van der Waals surface area contributed by atoms with Crippen LogP contribution in [0.3, 0.4) is 0 Å². The van der Waals surface area contributed by atoms with Crippen LogP contribution in [0.4, 0.5) is 5.69 Å². The summed E-state index contributed by atoms with van der Waals surface area (Å²) in [4.78, 5) is 34.1. The van der Waals surface area contributed by atoms with Crippen molar-refractivity contribution in [1.29, 1.82) is 0 Å². The maximum absolute atomic E-state index is 12.2. The highest BCUT2D eigenvalue weighted by molar-refractivity contribution is 5.89. The minimum atomic E-state index is -0.849. The maximum Gasteiger partial charge on any atom is 0.339 e. The molecule has 0 spiro atoms. The molecule has 0 amide bonds. The first-order chi connectivity index (χ1) is 11.5. The van der Waals surface area contributed by atoms with E-state index in [4.69, 9.17) is 0 Å². The highest BCUT2D eigenvalue weighted by Crippen LogP contribution is 2.10. The van der Waals surface area contributed by atoms with E-state index in [1.165, 1.54) is 10.9 Å². The number of ether oxygens (including phenoxy) is 1. The van der Waals surface area contributed by atoms with Crippen LogP contribution in [0.1, 0.15) is 35.9 Å². The van der Waals surface area contributed by atoms with Crippen LogP contribution < -0.4 is 5.56 Å². The van der Waals surface area contributed by atoms with Crippen LogP contribution in [-0.2, 0) is 17.8 Å². The predicted molar refractivity (Wildman–Crippen MR) is 80.5 cm³/mol. The van der Waals surface area contributed by atoms with E-state index in [1.54, 1.807) is 0 Å². The molecular formula is C13H16N6O5. The number of carbonyl (C=O) groups is 1. The van der Waals surface area contributed by atoms with Gasteiger partial charge in [0.15, 0.2) is 5.82 Å². The van der Waals surface area contributed by atoms with Gasteiger partial charge < -0.3 is 9.30 Å². The van der Waals surface area contributed by atoms with Gasteiger partial charge in [-0.05, 0) is 16.8 Å². The Morgan fingerprint density at radius 1 is 1.46 bits per heavy atom. The van der Waals surface area contributed by atoms with Crippen LogP contribution in [0.2, 0.25) is 0 Å². The lowest BCUT2D eigenvalue weighted by molar-refractivity contribution is -0.386. The molecule has 0 radical (unpaired) electrons. The molecule has 0 atom stereocenters. The number of carbonyl (C=O) groups excluding carboxylic acids is 1. The highest BCUT2D eigenvalue weighted by atomic mass is 16.6. The number of rotatable bonds is 7. The number of hydrogen-bond acceptors (Lipinski definition) is 8. The predicted octanol–water partition coefficient (Wildman–Crippen LogP) is 0.378. The van der Waals surface area contributed by atoms with E-state index in [1.807, 2.05) is 6.92 Å². The first kappa shape index (κ1) is 17.2. The fraction of sp³-hybridized carbons (Fsp3) is 0.462. The summed E-state index contributed by atoms with van der Waals surface area (Å²) < 4.78 is 7.10. The molecule has 128 valence electrons. The zero-order chi connectivity index (χ0) is 17.7. The lowest BCUT2D eigenvalue weighted by atomic mass is 10.2. The average molecular weight is 336 g/mol. The lowest BCUT2D eigenvalue weighted by Gasteiger charge is -2.08. The number of aromatic nitrogens is 5. The molecule has 2 aromatic rings. The summed E-state index contributed by atoms with van der Waals surface area (Å²) in [6, 6.07) is 0.894. The molecule has 0 saturated heterocycles. The Morgan fingerprint density at radius 3 is 2.83 bits per heavy atom. The number of hydrogen-bond donors (Lipinski definition) is 0. The molecule has 11 nitrogen and oxygen atoms in total. The Bertz CT molecular complexity index is 811.